The van der Waals surface area contributed by atoms with Crippen LogP contribution in [0.3, 0.4) is 0 Å². The summed E-state index contributed by atoms with van der Waals surface area (Å²) in [5, 5.41) is 0. The van der Waals surface area contributed by atoms with Gasteiger partial charge in [0.2, 0.25) is 0 Å². The molecule has 16 heavy (non-hydrogen) atoms. The topological polar surface area (TPSA) is 26.0 Å². The Balaban J connectivity index is 1.96. The van der Waals surface area contributed by atoms with E-state index in [1.165, 1.54) is 37.7 Å². The Morgan fingerprint density at radius 3 is 2.38 bits per heavy atom. The summed E-state index contributed by atoms with van der Waals surface area (Å²) in [6.45, 7) is 0. The second-order valence-electron chi connectivity index (χ2n) is 4.38. The number of rotatable bonds is 8. The van der Waals surface area contributed by atoms with E-state index in [0.717, 1.165) is 12.2 Å². The van der Waals surface area contributed by atoms with Crippen LogP contribution < -0.4 is 5.73 Å². The fourth-order valence-corrected chi connectivity index (χ4v) is 2.01. The summed E-state index contributed by atoms with van der Waals surface area (Å²) in [5.41, 5.74) is 7.26. The van der Waals surface area contributed by atoms with Crippen molar-refractivity contribution in [3.63, 3.8) is 0 Å². The van der Waals surface area contributed by atoms with Gasteiger partial charge in [-0.15, -0.1) is 0 Å². The molecule has 1 rings (SSSR count). The normalized spacial score (nSPS) is 12.6. The minimum Gasteiger partial charge on any atom is -0.327 e. The molecule has 0 amide bonds. The highest BCUT2D eigenvalue weighted by Crippen LogP contribution is 2.09. The Hall–Kier alpha value is -0.470. The van der Waals surface area contributed by atoms with Gasteiger partial charge in [-0.1, -0.05) is 49.6 Å². The van der Waals surface area contributed by atoms with Crippen molar-refractivity contribution in [2.24, 2.45) is 5.73 Å². The maximum atomic E-state index is 5.80. The van der Waals surface area contributed by atoms with Gasteiger partial charge in [-0.2, -0.15) is 12.6 Å². The van der Waals surface area contributed by atoms with E-state index in [1.807, 2.05) is 0 Å². The highest BCUT2D eigenvalue weighted by Gasteiger charge is 1.98. The van der Waals surface area contributed by atoms with Gasteiger partial charge in [-0.3, -0.25) is 0 Å². The zero-order valence-corrected chi connectivity index (χ0v) is 10.8. The molecule has 0 fully saturated rings. The van der Waals surface area contributed by atoms with E-state index in [9.17, 15) is 0 Å². The number of hydrogen-bond acceptors (Lipinski definition) is 2. The Labute approximate surface area is 105 Å². The molecule has 0 aliphatic rings. The summed E-state index contributed by atoms with van der Waals surface area (Å²) in [6, 6.07) is 11.0. The van der Waals surface area contributed by atoms with Crippen LogP contribution in [0.4, 0.5) is 0 Å². The number of unbranched alkanes of at least 4 members (excludes halogenated alkanes) is 3. The molecule has 0 saturated carbocycles. The third-order valence-electron chi connectivity index (χ3n) is 2.87. The third-order valence-corrected chi connectivity index (χ3v) is 3.34. The molecular weight excluding hydrogens is 214 g/mol. The average Bonchev–Trinajstić information content (AvgIpc) is 2.34. The Kier molecular flexibility index (Phi) is 7.35. The van der Waals surface area contributed by atoms with Gasteiger partial charge in [0.15, 0.2) is 0 Å². The van der Waals surface area contributed by atoms with E-state index in [0.29, 0.717) is 0 Å². The molecule has 1 atom stereocenters. The average molecular weight is 237 g/mol. The summed E-state index contributed by atoms with van der Waals surface area (Å²) >= 11 is 4.18. The molecule has 1 aromatic carbocycles. The van der Waals surface area contributed by atoms with Crippen LogP contribution in [0.25, 0.3) is 0 Å². The second kappa shape index (κ2) is 8.66. The molecular formula is C14H23NS. The smallest absolute Gasteiger partial charge is 0.0127 e. The van der Waals surface area contributed by atoms with Crippen LogP contribution in [0.1, 0.15) is 37.7 Å². The Morgan fingerprint density at radius 2 is 1.69 bits per heavy atom. The SMILES string of the molecule is NC(CS)CCCCCCc1ccccc1. The molecule has 0 radical (unpaired) electrons. The first-order chi connectivity index (χ1) is 7.83. The summed E-state index contributed by atoms with van der Waals surface area (Å²) in [5.74, 6) is 0.810. The van der Waals surface area contributed by atoms with Crippen LogP contribution in [0.2, 0.25) is 0 Å². The first-order valence-electron chi connectivity index (χ1n) is 6.23. The number of aryl methyl sites for hydroxylation is 1. The molecule has 1 unspecified atom stereocenters. The maximum Gasteiger partial charge on any atom is 0.0127 e. The number of benzene rings is 1. The fraction of sp³-hybridized carbons (Fsp3) is 0.571. The van der Waals surface area contributed by atoms with Crippen molar-refractivity contribution in [3.8, 4) is 0 Å². The molecule has 1 aromatic rings. The lowest BCUT2D eigenvalue weighted by Crippen LogP contribution is -2.21. The van der Waals surface area contributed by atoms with Gasteiger partial charge in [0, 0.05) is 11.8 Å². The van der Waals surface area contributed by atoms with Gasteiger partial charge in [-0.05, 0) is 24.8 Å². The molecule has 0 saturated heterocycles. The van der Waals surface area contributed by atoms with Crippen molar-refractivity contribution < 1.29 is 0 Å². The van der Waals surface area contributed by atoms with Crippen molar-refractivity contribution in [1.82, 2.24) is 0 Å². The van der Waals surface area contributed by atoms with Crippen molar-refractivity contribution in [2.75, 3.05) is 5.75 Å². The highest BCUT2D eigenvalue weighted by molar-refractivity contribution is 7.80. The van der Waals surface area contributed by atoms with E-state index < -0.39 is 0 Å². The first-order valence-corrected chi connectivity index (χ1v) is 6.86. The van der Waals surface area contributed by atoms with Crippen molar-refractivity contribution >= 4 is 12.6 Å². The van der Waals surface area contributed by atoms with E-state index in [1.54, 1.807) is 0 Å². The zero-order chi connectivity index (χ0) is 11.6. The summed E-state index contributed by atoms with van der Waals surface area (Å²) < 4.78 is 0. The predicted molar refractivity (Wildman–Crippen MR) is 75.1 cm³/mol. The van der Waals surface area contributed by atoms with Gasteiger partial charge in [0.25, 0.3) is 0 Å². The van der Waals surface area contributed by atoms with Crippen molar-refractivity contribution in [2.45, 2.75) is 44.6 Å². The standard InChI is InChI=1S/C14H23NS/c15-14(12-16)11-7-2-1-4-8-13-9-5-3-6-10-13/h3,5-6,9-10,14,16H,1-2,4,7-8,11-12,15H2. The lowest BCUT2D eigenvalue weighted by atomic mass is 10.0. The van der Waals surface area contributed by atoms with Gasteiger partial charge in [0.05, 0.1) is 0 Å². The van der Waals surface area contributed by atoms with Crippen molar-refractivity contribution in [1.29, 1.82) is 0 Å². The summed E-state index contributed by atoms with van der Waals surface area (Å²) in [6.07, 6.45) is 7.48. The lowest BCUT2D eigenvalue weighted by Gasteiger charge is -2.07. The Bertz CT molecular complexity index is 261. The van der Waals surface area contributed by atoms with Gasteiger partial charge < -0.3 is 5.73 Å². The van der Waals surface area contributed by atoms with Crippen LogP contribution in [0, 0.1) is 0 Å². The van der Waals surface area contributed by atoms with Gasteiger partial charge in [0.1, 0.15) is 0 Å². The van der Waals surface area contributed by atoms with Gasteiger partial charge >= 0.3 is 0 Å². The van der Waals surface area contributed by atoms with Crippen LogP contribution >= 0.6 is 12.6 Å². The number of thiol groups is 1. The summed E-state index contributed by atoms with van der Waals surface area (Å²) in [4.78, 5) is 0. The largest absolute Gasteiger partial charge is 0.327 e. The van der Waals surface area contributed by atoms with E-state index >= 15 is 0 Å². The highest BCUT2D eigenvalue weighted by atomic mass is 32.1. The molecule has 0 spiro atoms. The third kappa shape index (κ3) is 6.19. The Morgan fingerprint density at radius 1 is 1.00 bits per heavy atom. The van der Waals surface area contributed by atoms with E-state index in [2.05, 4.69) is 43.0 Å². The predicted octanol–water partition coefficient (Wildman–Crippen LogP) is 3.44. The number of hydrogen-bond donors (Lipinski definition) is 2. The second-order valence-corrected chi connectivity index (χ2v) is 4.75. The minimum absolute atomic E-state index is 0.289. The molecule has 0 bridgehead atoms. The van der Waals surface area contributed by atoms with Gasteiger partial charge in [-0.25, -0.2) is 0 Å². The summed E-state index contributed by atoms with van der Waals surface area (Å²) in [7, 11) is 0. The molecule has 2 heteroatoms. The fourth-order valence-electron chi connectivity index (χ4n) is 1.83. The van der Waals surface area contributed by atoms with Crippen LogP contribution in [0.5, 0.6) is 0 Å². The first kappa shape index (κ1) is 13.6. The van der Waals surface area contributed by atoms with E-state index in [4.69, 9.17) is 5.73 Å². The molecule has 0 aliphatic carbocycles. The molecule has 0 heterocycles. The molecule has 0 aromatic heterocycles. The van der Waals surface area contributed by atoms with Crippen molar-refractivity contribution in [3.05, 3.63) is 35.9 Å². The molecule has 90 valence electrons. The van der Waals surface area contributed by atoms with Crippen LogP contribution in [-0.4, -0.2) is 11.8 Å². The minimum atomic E-state index is 0.289. The maximum absolute atomic E-state index is 5.80. The van der Waals surface area contributed by atoms with Crippen LogP contribution in [-0.2, 0) is 6.42 Å². The van der Waals surface area contributed by atoms with E-state index in [-0.39, 0.29) is 6.04 Å². The molecule has 0 aliphatic heterocycles. The number of nitrogens with two attached hydrogens (primary N) is 1. The zero-order valence-electron chi connectivity index (χ0n) is 9.94. The molecule has 1 nitrogen and oxygen atoms in total. The monoisotopic (exact) mass is 237 g/mol. The quantitative estimate of drug-likeness (QED) is 0.526. The lowest BCUT2D eigenvalue weighted by molar-refractivity contribution is 0.570. The molecule has 2 N–H and O–H groups in total. The van der Waals surface area contributed by atoms with Crippen LogP contribution in [0.15, 0.2) is 30.3 Å².